The third-order valence-corrected chi connectivity index (χ3v) is 2.42. The van der Waals surface area contributed by atoms with Crippen LogP contribution in [0.1, 0.15) is 37.0 Å². The molecule has 8 nitrogen and oxygen atoms in total. The molecule has 0 saturated carbocycles. The monoisotopic (exact) mass is 264 g/mol. The van der Waals surface area contributed by atoms with Crippen LogP contribution in [0.3, 0.4) is 0 Å². The van der Waals surface area contributed by atoms with Gasteiger partial charge in [-0.2, -0.15) is 10.5 Å². The lowest BCUT2D eigenvalue weighted by atomic mass is 10.3. The van der Waals surface area contributed by atoms with Crippen molar-refractivity contribution in [2.45, 2.75) is 20.8 Å². The first-order valence-corrected chi connectivity index (χ1v) is 5.77. The molecule has 1 rings (SSSR count). The highest BCUT2D eigenvalue weighted by molar-refractivity contribution is 5.87. The van der Waals surface area contributed by atoms with Gasteiger partial charge < -0.3 is 10.0 Å². The number of carboxylic acid groups (broad SMARTS) is 1. The molecular weight excluding hydrogens is 248 g/mol. The molecule has 0 saturated heterocycles. The number of aromatic carboxylic acids is 1. The third-order valence-electron chi connectivity index (χ3n) is 2.42. The second-order valence-electron chi connectivity index (χ2n) is 3.33. The van der Waals surface area contributed by atoms with E-state index in [9.17, 15) is 4.79 Å². The topological polar surface area (TPSA) is 119 Å². The molecule has 0 aliphatic heterocycles. The summed E-state index contributed by atoms with van der Waals surface area (Å²) in [6.45, 7) is 10.1. The molecule has 0 unspecified atom stereocenters. The number of hydrogen-bond donors (Lipinski definition) is 1. The number of carbonyl (C=O) groups is 1. The largest absolute Gasteiger partial charge is 0.476 e. The van der Waals surface area contributed by atoms with Crippen LogP contribution in [0.25, 0.3) is 0 Å². The van der Waals surface area contributed by atoms with Crippen molar-refractivity contribution in [1.82, 2.24) is 19.9 Å². The minimum absolute atomic E-state index is 0.370. The fourth-order valence-electron chi connectivity index (χ4n) is 1.27. The molecule has 0 aliphatic carbocycles. The summed E-state index contributed by atoms with van der Waals surface area (Å²) >= 11 is 0. The SMILES string of the molecule is CCN(CC)CC.N#Cc1c(C(=O)O)nnn1C#N. The van der Waals surface area contributed by atoms with Crippen molar-refractivity contribution >= 4 is 5.97 Å². The average molecular weight is 264 g/mol. The van der Waals surface area contributed by atoms with E-state index in [0.717, 1.165) is 0 Å². The van der Waals surface area contributed by atoms with Crippen LogP contribution in [-0.4, -0.2) is 50.6 Å². The highest BCUT2D eigenvalue weighted by atomic mass is 16.4. The highest BCUT2D eigenvalue weighted by Gasteiger charge is 2.18. The Bertz CT molecular complexity index is 487. The Kier molecular flexibility index (Phi) is 7.50. The highest BCUT2D eigenvalue weighted by Crippen LogP contribution is 2.01. The smallest absolute Gasteiger partial charge is 0.359 e. The molecule has 0 radical (unpaired) electrons. The summed E-state index contributed by atoms with van der Waals surface area (Å²) in [5, 5.41) is 31.4. The zero-order valence-electron chi connectivity index (χ0n) is 11.2. The van der Waals surface area contributed by atoms with Crippen LogP contribution in [0.5, 0.6) is 0 Å². The van der Waals surface area contributed by atoms with Crippen molar-refractivity contribution in [3.8, 4) is 12.3 Å². The molecule has 1 aromatic rings. The van der Waals surface area contributed by atoms with Crippen molar-refractivity contribution in [2.75, 3.05) is 19.6 Å². The summed E-state index contributed by atoms with van der Waals surface area (Å²) in [5.74, 6) is -1.38. The van der Waals surface area contributed by atoms with E-state index in [4.69, 9.17) is 15.6 Å². The first-order chi connectivity index (χ1) is 9.05. The maximum absolute atomic E-state index is 10.3. The van der Waals surface area contributed by atoms with Crippen molar-refractivity contribution < 1.29 is 9.90 Å². The van der Waals surface area contributed by atoms with Gasteiger partial charge in [-0.3, -0.25) is 0 Å². The second-order valence-corrected chi connectivity index (χ2v) is 3.33. The lowest BCUT2D eigenvalue weighted by Crippen LogP contribution is -2.21. The van der Waals surface area contributed by atoms with Crippen LogP contribution in [0.2, 0.25) is 0 Å². The minimum atomic E-state index is -1.38. The van der Waals surface area contributed by atoms with Gasteiger partial charge >= 0.3 is 5.97 Å². The van der Waals surface area contributed by atoms with Gasteiger partial charge in [0.2, 0.25) is 11.9 Å². The molecule has 0 fully saturated rings. The Morgan fingerprint density at radius 1 is 1.32 bits per heavy atom. The first-order valence-electron chi connectivity index (χ1n) is 5.77. The zero-order chi connectivity index (χ0) is 14.8. The maximum Gasteiger partial charge on any atom is 0.359 e. The molecule has 1 N–H and O–H groups in total. The Labute approximate surface area is 111 Å². The average Bonchev–Trinajstić information content (AvgIpc) is 2.84. The normalized spacial score (nSPS) is 9.16. The van der Waals surface area contributed by atoms with E-state index in [0.29, 0.717) is 4.68 Å². The molecule has 1 aromatic heterocycles. The van der Waals surface area contributed by atoms with E-state index in [-0.39, 0.29) is 5.69 Å². The lowest BCUT2D eigenvalue weighted by Gasteiger charge is -2.13. The molecule has 102 valence electrons. The fourth-order valence-corrected chi connectivity index (χ4v) is 1.27. The predicted molar refractivity (Wildman–Crippen MR) is 66.2 cm³/mol. The maximum atomic E-state index is 10.3. The molecule has 0 bridgehead atoms. The minimum Gasteiger partial charge on any atom is -0.476 e. The number of nitriles is 2. The Hall–Kier alpha value is -2.45. The summed E-state index contributed by atoms with van der Waals surface area (Å²) < 4.78 is 0.545. The molecule has 0 aliphatic rings. The number of nitrogens with zero attached hydrogens (tertiary/aromatic N) is 6. The molecule has 19 heavy (non-hydrogen) atoms. The van der Waals surface area contributed by atoms with Crippen LogP contribution < -0.4 is 0 Å². The third kappa shape index (κ3) is 4.74. The summed E-state index contributed by atoms with van der Waals surface area (Å²) in [7, 11) is 0. The van der Waals surface area contributed by atoms with E-state index < -0.39 is 11.7 Å². The molecule has 0 spiro atoms. The predicted octanol–water partition coefficient (Wildman–Crippen LogP) is 0.525. The molecular formula is C11H16N6O2. The van der Waals surface area contributed by atoms with Crippen LogP contribution >= 0.6 is 0 Å². The molecule has 0 atom stereocenters. The fraction of sp³-hybridized carbons (Fsp3) is 0.545. The van der Waals surface area contributed by atoms with E-state index in [2.05, 4.69) is 36.0 Å². The van der Waals surface area contributed by atoms with Crippen LogP contribution in [0.4, 0.5) is 0 Å². The summed E-state index contributed by atoms with van der Waals surface area (Å²) in [4.78, 5) is 12.7. The number of carboxylic acids is 1. The molecule has 8 heteroatoms. The standard InChI is InChI=1S/C6H15N.C5HN5O2/c1-4-7(5-2)6-3;6-1-3-4(5(11)12)8-9-10(3)2-7/h4-6H2,1-3H3;(H,11,12). The summed E-state index contributed by atoms with van der Waals surface area (Å²) in [6.07, 6.45) is 1.48. The van der Waals surface area contributed by atoms with Gasteiger partial charge in [-0.1, -0.05) is 26.0 Å². The van der Waals surface area contributed by atoms with Crippen LogP contribution in [0, 0.1) is 22.8 Å². The number of aromatic nitrogens is 3. The Morgan fingerprint density at radius 3 is 2.11 bits per heavy atom. The number of rotatable bonds is 4. The molecule has 0 aromatic carbocycles. The van der Waals surface area contributed by atoms with E-state index in [1.54, 1.807) is 0 Å². The quantitative estimate of drug-likeness (QED) is 0.842. The van der Waals surface area contributed by atoms with Gasteiger partial charge in [-0.25, -0.2) is 4.79 Å². The van der Waals surface area contributed by atoms with Gasteiger partial charge in [0, 0.05) is 0 Å². The summed E-state index contributed by atoms with van der Waals surface area (Å²) in [5.41, 5.74) is -0.885. The lowest BCUT2D eigenvalue weighted by molar-refractivity contribution is 0.0690. The Balaban J connectivity index is 0.000000399. The van der Waals surface area contributed by atoms with Crippen LogP contribution in [0.15, 0.2) is 0 Å². The van der Waals surface area contributed by atoms with Crippen LogP contribution in [-0.2, 0) is 0 Å². The first kappa shape index (κ1) is 16.6. The van der Waals surface area contributed by atoms with Gasteiger partial charge in [0.05, 0.1) is 0 Å². The van der Waals surface area contributed by atoms with Gasteiger partial charge in [0.1, 0.15) is 6.07 Å². The van der Waals surface area contributed by atoms with Gasteiger partial charge in [0.25, 0.3) is 0 Å². The molecule has 0 amide bonds. The molecule has 1 heterocycles. The summed E-state index contributed by atoms with van der Waals surface area (Å²) in [6, 6.07) is 1.51. The second kappa shape index (κ2) is 8.61. The van der Waals surface area contributed by atoms with Gasteiger partial charge in [0.15, 0.2) is 5.69 Å². The van der Waals surface area contributed by atoms with E-state index in [1.165, 1.54) is 31.9 Å². The van der Waals surface area contributed by atoms with Gasteiger partial charge in [-0.05, 0) is 19.6 Å². The Morgan fingerprint density at radius 2 is 1.84 bits per heavy atom. The van der Waals surface area contributed by atoms with E-state index in [1.807, 2.05) is 0 Å². The van der Waals surface area contributed by atoms with Gasteiger partial charge in [-0.15, -0.1) is 9.78 Å². The van der Waals surface area contributed by atoms with E-state index >= 15 is 0 Å². The zero-order valence-corrected chi connectivity index (χ0v) is 11.2. The number of hydrogen-bond acceptors (Lipinski definition) is 6. The van der Waals surface area contributed by atoms with Crippen molar-refractivity contribution in [1.29, 1.82) is 10.5 Å². The van der Waals surface area contributed by atoms with Crippen molar-refractivity contribution in [2.24, 2.45) is 0 Å². The van der Waals surface area contributed by atoms with Crippen molar-refractivity contribution in [3.63, 3.8) is 0 Å². The van der Waals surface area contributed by atoms with Crippen molar-refractivity contribution in [3.05, 3.63) is 11.4 Å².